The molecule has 0 aliphatic carbocycles. The van der Waals surface area contributed by atoms with E-state index in [0.717, 1.165) is 0 Å². The molecule has 0 saturated carbocycles. The summed E-state index contributed by atoms with van der Waals surface area (Å²) in [6.07, 6.45) is 1.45. The number of likely N-dealkylation sites (N-methyl/N-ethyl adjacent to an activating group) is 1. The van der Waals surface area contributed by atoms with Crippen molar-refractivity contribution in [3.05, 3.63) is 47.8 Å². The Balaban J connectivity index is 1.51. The number of pyridine rings is 1. The topological polar surface area (TPSA) is 110 Å². The number of aliphatic hydroxyl groups is 1. The SMILES string of the molecule is COc1ccnc(C(=O)N[C@H]2COc3ccc(C#CC4(O)COC4)cc3N(C)C2=O)c1. The first-order valence-corrected chi connectivity index (χ1v) is 9.57. The van der Waals surface area contributed by atoms with Crippen LogP contribution in [-0.4, -0.2) is 67.5 Å². The highest BCUT2D eigenvalue weighted by atomic mass is 16.5. The van der Waals surface area contributed by atoms with Gasteiger partial charge < -0.3 is 29.5 Å². The van der Waals surface area contributed by atoms with E-state index in [9.17, 15) is 14.7 Å². The monoisotopic (exact) mass is 423 g/mol. The maximum atomic E-state index is 13.0. The first-order valence-electron chi connectivity index (χ1n) is 9.57. The summed E-state index contributed by atoms with van der Waals surface area (Å²) < 4.78 is 15.9. The molecule has 4 rings (SSSR count). The molecule has 1 saturated heterocycles. The van der Waals surface area contributed by atoms with Crippen LogP contribution in [0.3, 0.4) is 0 Å². The van der Waals surface area contributed by atoms with Crippen molar-refractivity contribution in [3.8, 4) is 23.3 Å². The van der Waals surface area contributed by atoms with Crippen molar-refractivity contribution in [1.82, 2.24) is 10.3 Å². The Bertz CT molecular complexity index is 1090. The van der Waals surface area contributed by atoms with Crippen molar-refractivity contribution in [2.45, 2.75) is 11.6 Å². The van der Waals surface area contributed by atoms with Crippen LogP contribution in [0.25, 0.3) is 0 Å². The van der Waals surface area contributed by atoms with Gasteiger partial charge in [-0.2, -0.15) is 0 Å². The summed E-state index contributed by atoms with van der Waals surface area (Å²) in [5.41, 5.74) is 0.136. The number of hydrogen-bond donors (Lipinski definition) is 2. The molecule has 2 aliphatic rings. The number of amides is 2. The fraction of sp³-hybridized carbons (Fsp3) is 0.318. The maximum absolute atomic E-state index is 13.0. The minimum atomic E-state index is -1.13. The summed E-state index contributed by atoms with van der Waals surface area (Å²) >= 11 is 0. The first kappa shape index (κ1) is 20.7. The second-order valence-electron chi connectivity index (χ2n) is 7.27. The van der Waals surface area contributed by atoms with Crippen LogP contribution >= 0.6 is 0 Å². The van der Waals surface area contributed by atoms with Gasteiger partial charge in [0, 0.05) is 24.9 Å². The van der Waals surface area contributed by atoms with Gasteiger partial charge in [0.05, 0.1) is 26.0 Å². The van der Waals surface area contributed by atoms with Crippen LogP contribution in [0, 0.1) is 11.8 Å². The van der Waals surface area contributed by atoms with E-state index in [2.05, 4.69) is 22.1 Å². The van der Waals surface area contributed by atoms with Gasteiger partial charge in [0.15, 0.2) is 5.60 Å². The summed E-state index contributed by atoms with van der Waals surface area (Å²) in [6.45, 7) is 0.319. The zero-order valence-electron chi connectivity index (χ0n) is 17.0. The van der Waals surface area contributed by atoms with E-state index in [1.807, 2.05) is 0 Å². The van der Waals surface area contributed by atoms with E-state index in [0.29, 0.717) is 22.7 Å². The summed E-state index contributed by atoms with van der Waals surface area (Å²) in [5.74, 6) is 5.81. The Kier molecular flexibility index (Phi) is 5.50. The average molecular weight is 423 g/mol. The van der Waals surface area contributed by atoms with E-state index in [1.165, 1.54) is 24.3 Å². The molecule has 160 valence electrons. The van der Waals surface area contributed by atoms with Crippen LogP contribution in [0.5, 0.6) is 11.5 Å². The number of rotatable bonds is 3. The summed E-state index contributed by atoms with van der Waals surface area (Å²) in [5, 5.41) is 12.7. The Hall–Kier alpha value is -3.61. The van der Waals surface area contributed by atoms with Crippen LogP contribution < -0.4 is 19.7 Å². The molecule has 0 spiro atoms. The Labute approximate surface area is 178 Å². The normalized spacial score (nSPS) is 19.0. The molecular weight excluding hydrogens is 402 g/mol. The second kappa shape index (κ2) is 8.26. The van der Waals surface area contributed by atoms with Crippen LogP contribution in [-0.2, 0) is 9.53 Å². The van der Waals surface area contributed by atoms with Gasteiger partial charge in [-0.15, -0.1) is 0 Å². The number of carbonyl (C=O) groups is 2. The molecule has 2 aliphatic heterocycles. The molecule has 0 unspecified atom stereocenters. The van der Waals surface area contributed by atoms with Crippen LogP contribution in [0.1, 0.15) is 16.1 Å². The van der Waals surface area contributed by atoms with Crippen molar-refractivity contribution in [3.63, 3.8) is 0 Å². The van der Waals surface area contributed by atoms with Crippen molar-refractivity contribution in [2.24, 2.45) is 0 Å². The van der Waals surface area contributed by atoms with E-state index in [4.69, 9.17) is 14.2 Å². The van der Waals surface area contributed by atoms with Crippen molar-refractivity contribution in [1.29, 1.82) is 0 Å². The molecular formula is C22H21N3O6. The molecule has 1 fully saturated rings. The number of hydrogen-bond acceptors (Lipinski definition) is 7. The molecule has 1 aromatic carbocycles. The highest BCUT2D eigenvalue weighted by Gasteiger charge is 2.34. The Morgan fingerprint density at radius 3 is 2.87 bits per heavy atom. The van der Waals surface area contributed by atoms with Crippen LogP contribution in [0.15, 0.2) is 36.5 Å². The molecule has 9 heteroatoms. The maximum Gasteiger partial charge on any atom is 0.270 e. The van der Waals surface area contributed by atoms with Crippen molar-refractivity contribution < 1.29 is 28.9 Å². The van der Waals surface area contributed by atoms with Gasteiger partial charge in [0.1, 0.15) is 29.8 Å². The van der Waals surface area contributed by atoms with Gasteiger partial charge in [-0.3, -0.25) is 14.6 Å². The van der Waals surface area contributed by atoms with Gasteiger partial charge in [0.2, 0.25) is 0 Å². The molecule has 31 heavy (non-hydrogen) atoms. The van der Waals surface area contributed by atoms with Gasteiger partial charge >= 0.3 is 0 Å². The number of anilines is 1. The van der Waals surface area contributed by atoms with Crippen LogP contribution in [0.2, 0.25) is 0 Å². The van der Waals surface area contributed by atoms with E-state index < -0.39 is 17.6 Å². The Morgan fingerprint density at radius 2 is 2.16 bits per heavy atom. The average Bonchev–Trinajstić information content (AvgIpc) is 2.88. The molecule has 2 amide bonds. The molecule has 0 bridgehead atoms. The fourth-order valence-corrected chi connectivity index (χ4v) is 3.13. The molecule has 2 N–H and O–H groups in total. The molecule has 3 heterocycles. The smallest absolute Gasteiger partial charge is 0.270 e. The molecule has 1 aromatic heterocycles. The standard InChI is InChI=1S/C22H21N3O6/c1-25-18-9-14(5-7-22(28)12-30-13-22)3-4-19(18)31-11-17(21(25)27)24-20(26)16-10-15(29-2)6-8-23-16/h3-4,6,8-10,17,28H,11-13H2,1-2H3,(H,24,26)/t17-/m0/s1. The lowest BCUT2D eigenvalue weighted by atomic mass is 10.0. The highest BCUT2D eigenvalue weighted by Crippen LogP contribution is 2.31. The van der Waals surface area contributed by atoms with Crippen molar-refractivity contribution >= 4 is 17.5 Å². The quantitative estimate of drug-likeness (QED) is 0.686. The number of nitrogens with one attached hydrogen (secondary N) is 1. The third-order valence-corrected chi connectivity index (χ3v) is 4.98. The number of nitrogens with zero attached hydrogens (tertiary/aromatic N) is 2. The molecule has 9 nitrogen and oxygen atoms in total. The predicted molar refractivity (Wildman–Crippen MR) is 110 cm³/mol. The zero-order valence-corrected chi connectivity index (χ0v) is 17.0. The predicted octanol–water partition coefficient (Wildman–Crippen LogP) is 0.357. The highest BCUT2D eigenvalue weighted by molar-refractivity contribution is 6.03. The minimum absolute atomic E-state index is 0.0337. The van der Waals surface area contributed by atoms with Gasteiger partial charge in [0.25, 0.3) is 11.8 Å². The summed E-state index contributed by atoms with van der Waals surface area (Å²) in [4.78, 5) is 31.0. The number of benzene rings is 1. The number of aromatic nitrogens is 1. The van der Waals surface area contributed by atoms with Crippen molar-refractivity contribution in [2.75, 3.05) is 38.9 Å². The lowest BCUT2D eigenvalue weighted by Crippen LogP contribution is -2.49. The lowest BCUT2D eigenvalue weighted by molar-refractivity contribution is -0.140. The van der Waals surface area contributed by atoms with E-state index in [-0.39, 0.29) is 31.4 Å². The van der Waals surface area contributed by atoms with E-state index in [1.54, 1.807) is 31.3 Å². The number of methoxy groups -OCH3 is 1. The number of fused-ring (bicyclic) bond motifs is 1. The van der Waals surface area contributed by atoms with Crippen LogP contribution in [0.4, 0.5) is 5.69 Å². The van der Waals surface area contributed by atoms with Gasteiger partial charge in [-0.1, -0.05) is 11.8 Å². The first-order chi connectivity index (χ1) is 14.9. The fourth-order valence-electron chi connectivity index (χ4n) is 3.13. The third-order valence-electron chi connectivity index (χ3n) is 4.98. The summed E-state index contributed by atoms with van der Waals surface area (Å²) in [7, 11) is 3.09. The zero-order chi connectivity index (χ0) is 22.0. The second-order valence-corrected chi connectivity index (χ2v) is 7.27. The van der Waals surface area contributed by atoms with E-state index >= 15 is 0 Å². The van der Waals surface area contributed by atoms with Gasteiger partial charge in [-0.25, -0.2) is 0 Å². The minimum Gasteiger partial charge on any atom is -0.497 e. The summed E-state index contributed by atoms with van der Waals surface area (Å²) in [6, 6.07) is 7.36. The Morgan fingerprint density at radius 1 is 1.35 bits per heavy atom. The lowest BCUT2D eigenvalue weighted by Gasteiger charge is -2.30. The largest absolute Gasteiger partial charge is 0.497 e. The number of carbonyl (C=O) groups excluding carboxylic acids is 2. The molecule has 2 aromatic rings. The molecule has 0 radical (unpaired) electrons. The molecule has 1 atom stereocenters. The van der Waals surface area contributed by atoms with Gasteiger partial charge in [-0.05, 0) is 24.3 Å². The third kappa shape index (κ3) is 4.30. The number of ether oxygens (including phenoxy) is 3.